The lowest BCUT2D eigenvalue weighted by atomic mass is 10.1. The number of benzene rings is 2. The van der Waals surface area contributed by atoms with Crippen LogP contribution in [0.25, 0.3) is 0 Å². The van der Waals surface area contributed by atoms with E-state index in [1.165, 1.54) is 18.2 Å². The molecule has 2 aromatic rings. The Morgan fingerprint density at radius 3 is 2.27 bits per heavy atom. The summed E-state index contributed by atoms with van der Waals surface area (Å²) in [5.41, 5.74) is 0.718. The number of rotatable bonds is 5. The third-order valence-electron chi connectivity index (χ3n) is 3.35. The molecular weight excluding hydrogens is 357 g/mol. The number of alkyl halides is 3. The van der Waals surface area contributed by atoms with Gasteiger partial charge in [-0.25, -0.2) is 0 Å². The molecule has 0 fully saturated rings. The number of hydrogen-bond donors (Lipinski definition) is 1. The molecule has 2 rings (SSSR count). The van der Waals surface area contributed by atoms with Gasteiger partial charge in [-0.2, -0.15) is 18.3 Å². The molecule has 0 aliphatic carbocycles. The molecule has 0 spiro atoms. The number of nitrogens with zero attached hydrogens (tertiary/aromatic N) is 3. The summed E-state index contributed by atoms with van der Waals surface area (Å²) in [6, 6.07) is 6.25. The highest BCUT2D eigenvalue weighted by molar-refractivity contribution is 5.82. The molecule has 0 aromatic heterocycles. The van der Waals surface area contributed by atoms with E-state index in [0.29, 0.717) is 23.3 Å². The highest BCUT2D eigenvalue weighted by atomic mass is 19.4. The van der Waals surface area contributed by atoms with E-state index < -0.39 is 27.3 Å². The second-order valence-corrected chi connectivity index (χ2v) is 5.16. The standard InChI is InChI=1S/C15H11F3N4O4/c1-9-2-3-10(6-13(9)21(23)24)8-19-20-12-5-4-11(15(16,17)18)7-14(12)22(25)26/h2-8,20H,1H3/b19-8-. The normalized spacial score (nSPS) is 11.5. The van der Waals surface area contributed by atoms with Gasteiger partial charge in [-0.15, -0.1) is 0 Å². The van der Waals surface area contributed by atoms with Crippen molar-refractivity contribution < 1.29 is 23.0 Å². The van der Waals surface area contributed by atoms with Crippen molar-refractivity contribution in [3.8, 4) is 0 Å². The van der Waals surface area contributed by atoms with E-state index in [4.69, 9.17) is 0 Å². The van der Waals surface area contributed by atoms with Crippen molar-refractivity contribution in [2.24, 2.45) is 5.10 Å². The molecule has 136 valence electrons. The minimum absolute atomic E-state index is 0.130. The Bertz CT molecular complexity index is 897. The van der Waals surface area contributed by atoms with Crippen LogP contribution in [0.1, 0.15) is 16.7 Å². The van der Waals surface area contributed by atoms with Gasteiger partial charge in [-0.1, -0.05) is 12.1 Å². The minimum atomic E-state index is -4.71. The minimum Gasteiger partial charge on any atom is -0.272 e. The maximum Gasteiger partial charge on any atom is 0.416 e. The molecule has 0 bridgehead atoms. The first kappa shape index (κ1) is 18.8. The van der Waals surface area contributed by atoms with Crippen LogP contribution in [0.2, 0.25) is 0 Å². The van der Waals surface area contributed by atoms with E-state index in [-0.39, 0.29) is 11.4 Å². The Morgan fingerprint density at radius 2 is 1.69 bits per heavy atom. The van der Waals surface area contributed by atoms with Crippen LogP contribution in [0.3, 0.4) is 0 Å². The summed E-state index contributed by atoms with van der Waals surface area (Å²) in [6.45, 7) is 1.56. The number of nitro groups is 2. The van der Waals surface area contributed by atoms with Gasteiger partial charge in [-0.3, -0.25) is 25.7 Å². The van der Waals surface area contributed by atoms with Crippen molar-refractivity contribution in [3.63, 3.8) is 0 Å². The Labute approximate surface area is 144 Å². The number of anilines is 1. The summed E-state index contributed by atoms with van der Waals surface area (Å²) in [7, 11) is 0. The molecule has 1 N–H and O–H groups in total. The first-order valence-corrected chi connectivity index (χ1v) is 6.99. The number of hydrogen-bond acceptors (Lipinski definition) is 6. The Morgan fingerprint density at radius 1 is 1.04 bits per heavy atom. The lowest BCUT2D eigenvalue weighted by Gasteiger charge is -2.08. The van der Waals surface area contributed by atoms with Crippen LogP contribution in [0.15, 0.2) is 41.5 Å². The zero-order chi connectivity index (χ0) is 19.5. The highest BCUT2D eigenvalue weighted by Gasteiger charge is 2.33. The fraction of sp³-hybridized carbons (Fsp3) is 0.133. The number of nitrogens with one attached hydrogen (secondary N) is 1. The van der Waals surface area contributed by atoms with E-state index in [1.807, 2.05) is 0 Å². The Kier molecular flexibility index (Phi) is 5.19. The Hall–Kier alpha value is -3.50. The molecule has 0 saturated heterocycles. The lowest BCUT2D eigenvalue weighted by molar-refractivity contribution is -0.385. The second kappa shape index (κ2) is 7.17. The molecule has 0 radical (unpaired) electrons. The predicted octanol–water partition coefficient (Wildman–Crippen LogP) is 4.28. The van der Waals surface area contributed by atoms with Crippen molar-refractivity contribution in [2.45, 2.75) is 13.1 Å². The maximum atomic E-state index is 12.6. The largest absolute Gasteiger partial charge is 0.416 e. The highest BCUT2D eigenvalue weighted by Crippen LogP contribution is 2.34. The predicted molar refractivity (Wildman–Crippen MR) is 87.1 cm³/mol. The van der Waals surface area contributed by atoms with Gasteiger partial charge in [0, 0.05) is 23.3 Å². The van der Waals surface area contributed by atoms with Crippen LogP contribution < -0.4 is 5.43 Å². The molecule has 0 heterocycles. The fourth-order valence-corrected chi connectivity index (χ4v) is 2.03. The molecule has 2 aromatic carbocycles. The molecule has 26 heavy (non-hydrogen) atoms. The van der Waals surface area contributed by atoms with Gasteiger partial charge in [0.15, 0.2) is 0 Å². The SMILES string of the molecule is Cc1ccc(/C=N\Nc2ccc(C(F)(F)F)cc2[N+](=O)[O-])cc1[N+](=O)[O-]. The van der Waals surface area contributed by atoms with Gasteiger partial charge in [0.1, 0.15) is 5.69 Å². The van der Waals surface area contributed by atoms with Crippen LogP contribution >= 0.6 is 0 Å². The van der Waals surface area contributed by atoms with Crippen molar-refractivity contribution in [2.75, 3.05) is 5.43 Å². The van der Waals surface area contributed by atoms with Crippen molar-refractivity contribution >= 4 is 23.3 Å². The van der Waals surface area contributed by atoms with Crippen LogP contribution in [-0.2, 0) is 6.18 Å². The van der Waals surface area contributed by atoms with Crippen LogP contribution in [0.5, 0.6) is 0 Å². The topological polar surface area (TPSA) is 111 Å². The van der Waals surface area contributed by atoms with Crippen LogP contribution in [0, 0.1) is 27.2 Å². The number of halogens is 3. The van der Waals surface area contributed by atoms with E-state index in [1.54, 1.807) is 6.92 Å². The monoisotopic (exact) mass is 368 g/mol. The number of aryl methyl sites for hydroxylation is 1. The van der Waals surface area contributed by atoms with E-state index >= 15 is 0 Å². The maximum absolute atomic E-state index is 12.6. The van der Waals surface area contributed by atoms with Crippen molar-refractivity contribution in [1.82, 2.24) is 0 Å². The zero-order valence-electron chi connectivity index (χ0n) is 13.1. The van der Waals surface area contributed by atoms with Gasteiger partial charge in [0.2, 0.25) is 0 Å². The number of nitro benzene ring substituents is 2. The molecular formula is C15H11F3N4O4. The Balaban J connectivity index is 2.26. The second-order valence-electron chi connectivity index (χ2n) is 5.16. The molecule has 0 aliphatic rings. The van der Waals surface area contributed by atoms with Gasteiger partial charge < -0.3 is 0 Å². The summed E-state index contributed by atoms with van der Waals surface area (Å²) in [4.78, 5) is 20.3. The fourth-order valence-electron chi connectivity index (χ4n) is 2.03. The average molecular weight is 368 g/mol. The van der Waals surface area contributed by atoms with Crippen molar-refractivity contribution in [1.29, 1.82) is 0 Å². The first-order chi connectivity index (χ1) is 12.1. The van der Waals surface area contributed by atoms with Gasteiger partial charge in [-0.05, 0) is 19.1 Å². The summed E-state index contributed by atoms with van der Waals surface area (Å²) in [5, 5.41) is 25.5. The summed E-state index contributed by atoms with van der Waals surface area (Å²) < 4.78 is 37.9. The number of hydrazone groups is 1. The smallest absolute Gasteiger partial charge is 0.272 e. The molecule has 0 unspecified atom stereocenters. The molecule has 8 nitrogen and oxygen atoms in total. The molecule has 0 saturated carbocycles. The van der Waals surface area contributed by atoms with Gasteiger partial charge >= 0.3 is 6.18 Å². The van der Waals surface area contributed by atoms with Gasteiger partial charge in [0.25, 0.3) is 11.4 Å². The third kappa shape index (κ3) is 4.32. The molecule has 0 aliphatic heterocycles. The van der Waals surface area contributed by atoms with Crippen LogP contribution in [0.4, 0.5) is 30.2 Å². The quantitative estimate of drug-likeness (QED) is 0.481. The summed E-state index contributed by atoms with van der Waals surface area (Å²) in [6.07, 6.45) is -3.55. The molecule has 0 atom stereocenters. The molecule has 0 amide bonds. The van der Waals surface area contributed by atoms with E-state index in [9.17, 15) is 33.4 Å². The van der Waals surface area contributed by atoms with E-state index in [2.05, 4.69) is 10.5 Å². The van der Waals surface area contributed by atoms with Gasteiger partial charge in [0.05, 0.1) is 21.6 Å². The summed E-state index contributed by atoms with van der Waals surface area (Å²) in [5.74, 6) is 0. The van der Waals surface area contributed by atoms with E-state index in [0.717, 1.165) is 12.3 Å². The van der Waals surface area contributed by atoms with Crippen LogP contribution in [-0.4, -0.2) is 16.1 Å². The third-order valence-corrected chi connectivity index (χ3v) is 3.35. The van der Waals surface area contributed by atoms with Crippen molar-refractivity contribution in [3.05, 3.63) is 73.3 Å². The average Bonchev–Trinajstić information content (AvgIpc) is 2.55. The first-order valence-electron chi connectivity index (χ1n) is 6.99. The molecule has 11 heteroatoms. The summed E-state index contributed by atoms with van der Waals surface area (Å²) >= 11 is 0. The zero-order valence-corrected chi connectivity index (χ0v) is 13.1. The lowest BCUT2D eigenvalue weighted by Crippen LogP contribution is -2.06.